The summed E-state index contributed by atoms with van der Waals surface area (Å²) >= 11 is 3.44. The van der Waals surface area contributed by atoms with Crippen LogP contribution in [0.3, 0.4) is 0 Å². The van der Waals surface area contributed by atoms with Crippen LogP contribution < -0.4 is 10.1 Å². The molecule has 0 saturated carbocycles. The third kappa shape index (κ3) is 2.87. The van der Waals surface area contributed by atoms with E-state index in [9.17, 15) is 9.18 Å². The molecule has 3 atom stereocenters. The lowest BCUT2D eigenvalue weighted by molar-refractivity contribution is -0.127. The number of rotatable bonds is 2. The van der Waals surface area contributed by atoms with Crippen molar-refractivity contribution in [2.45, 2.75) is 31.2 Å². The lowest BCUT2D eigenvalue weighted by Crippen LogP contribution is -2.51. The first-order chi connectivity index (χ1) is 11.1. The molecule has 3 unspecified atom stereocenters. The van der Waals surface area contributed by atoms with Gasteiger partial charge in [-0.1, -0.05) is 15.9 Å². The molecule has 1 N–H and O–H groups in total. The van der Waals surface area contributed by atoms with E-state index in [4.69, 9.17) is 4.74 Å². The van der Waals surface area contributed by atoms with Gasteiger partial charge in [0.1, 0.15) is 23.8 Å². The van der Waals surface area contributed by atoms with E-state index >= 15 is 0 Å². The fourth-order valence-corrected chi connectivity index (χ4v) is 3.78. The maximum Gasteiger partial charge on any atom is 0.269 e. The summed E-state index contributed by atoms with van der Waals surface area (Å²) in [4.78, 5) is 19.0. The molecule has 1 saturated heterocycles. The minimum absolute atomic E-state index is 0.180. The SMILES string of the molecule is O=C1NC(CN2CCCC(F)C2)=NC2c3cc(Br)ccc3OC12. The van der Waals surface area contributed by atoms with Gasteiger partial charge in [-0.2, -0.15) is 0 Å². The van der Waals surface area contributed by atoms with Crippen molar-refractivity contribution in [3.8, 4) is 5.75 Å². The number of likely N-dealkylation sites (tertiary alicyclic amines) is 1. The average molecular weight is 382 g/mol. The van der Waals surface area contributed by atoms with Crippen LogP contribution in [0.15, 0.2) is 27.7 Å². The molecular formula is C16H17BrFN3O2. The van der Waals surface area contributed by atoms with Gasteiger partial charge in [0.2, 0.25) is 6.10 Å². The lowest BCUT2D eigenvalue weighted by atomic mass is 10.0. The van der Waals surface area contributed by atoms with Gasteiger partial charge in [-0.05, 0) is 37.6 Å². The Kier molecular flexibility index (Phi) is 3.85. The third-order valence-corrected chi connectivity index (χ3v) is 4.97. The molecule has 23 heavy (non-hydrogen) atoms. The van der Waals surface area contributed by atoms with E-state index in [1.807, 2.05) is 23.1 Å². The van der Waals surface area contributed by atoms with E-state index < -0.39 is 12.3 Å². The number of nitrogens with one attached hydrogen (secondary N) is 1. The highest BCUT2D eigenvalue weighted by molar-refractivity contribution is 9.10. The van der Waals surface area contributed by atoms with Gasteiger partial charge in [0.05, 0.1) is 6.54 Å². The molecule has 3 aliphatic rings. The van der Waals surface area contributed by atoms with Crippen LogP contribution >= 0.6 is 15.9 Å². The van der Waals surface area contributed by atoms with Crippen molar-refractivity contribution >= 4 is 27.7 Å². The van der Waals surface area contributed by atoms with Crippen molar-refractivity contribution in [2.75, 3.05) is 19.6 Å². The molecule has 0 aliphatic carbocycles. The molecule has 5 nitrogen and oxygen atoms in total. The Balaban J connectivity index is 1.58. The topological polar surface area (TPSA) is 53.9 Å². The molecule has 1 amide bonds. The van der Waals surface area contributed by atoms with E-state index in [1.54, 1.807) is 0 Å². The van der Waals surface area contributed by atoms with Gasteiger partial charge in [-0.15, -0.1) is 0 Å². The molecule has 1 aromatic carbocycles. The fraction of sp³-hybridized carbons (Fsp3) is 0.500. The number of hydrogen-bond donors (Lipinski definition) is 1. The zero-order chi connectivity index (χ0) is 16.0. The Morgan fingerprint density at radius 1 is 1.48 bits per heavy atom. The van der Waals surface area contributed by atoms with Gasteiger partial charge >= 0.3 is 0 Å². The number of amides is 1. The first kappa shape index (κ1) is 15.1. The van der Waals surface area contributed by atoms with E-state index in [1.165, 1.54) is 0 Å². The van der Waals surface area contributed by atoms with Gasteiger partial charge in [-0.3, -0.25) is 14.7 Å². The molecule has 3 heterocycles. The molecule has 0 aromatic heterocycles. The lowest BCUT2D eigenvalue weighted by Gasteiger charge is -2.31. The summed E-state index contributed by atoms with van der Waals surface area (Å²) in [6, 6.07) is 5.35. The van der Waals surface area contributed by atoms with Crippen LogP contribution in [0.5, 0.6) is 5.75 Å². The monoisotopic (exact) mass is 381 g/mol. The second-order valence-corrected chi connectivity index (χ2v) is 7.12. The number of alkyl halides is 1. The van der Waals surface area contributed by atoms with Gasteiger partial charge in [0.25, 0.3) is 5.91 Å². The number of hydrogen-bond acceptors (Lipinski definition) is 4. The Labute approximate surface area is 142 Å². The van der Waals surface area contributed by atoms with Crippen LogP contribution in [0.4, 0.5) is 4.39 Å². The number of ether oxygens (including phenoxy) is 1. The molecule has 4 rings (SSSR count). The number of halogens is 2. The summed E-state index contributed by atoms with van der Waals surface area (Å²) in [7, 11) is 0. The standard InChI is InChI=1S/C16H17BrFN3O2/c17-9-3-4-12-11(6-9)14-15(23-12)16(22)20-13(19-14)8-21-5-1-2-10(18)7-21/h3-4,6,10,14-15H,1-2,5,7-8H2,(H,19,20,22). The molecule has 7 heteroatoms. The molecule has 0 spiro atoms. The molecular weight excluding hydrogens is 365 g/mol. The summed E-state index contributed by atoms with van der Waals surface area (Å²) in [5.41, 5.74) is 0.915. The van der Waals surface area contributed by atoms with Crippen LogP contribution in [-0.2, 0) is 4.79 Å². The normalized spacial score (nSPS) is 30.1. The number of benzene rings is 1. The van der Waals surface area contributed by atoms with Gasteiger partial charge in [0.15, 0.2) is 0 Å². The summed E-state index contributed by atoms with van der Waals surface area (Å²) < 4.78 is 20.2. The molecule has 3 aliphatic heterocycles. The number of carbonyl (C=O) groups is 1. The van der Waals surface area contributed by atoms with Gasteiger partial charge in [-0.25, -0.2) is 4.39 Å². The quantitative estimate of drug-likeness (QED) is 0.854. The van der Waals surface area contributed by atoms with Crippen molar-refractivity contribution in [3.63, 3.8) is 0 Å². The van der Waals surface area contributed by atoms with Gasteiger partial charge in [0, 0.05) is 16.6 Å². The highest BCUT2D eigenvalue weighted by Gasteiger charge is 2.43. The molecule has 0 bridgehead atoms. The minimum atomic E-state index is -0.789. The van der Waals surface area contributed by atoms with E-state index in [2.05, 4.69) is 26.2 Å². The first-order valence-corrected chi connectivity index (χ1v) is 8.59. The molecule has 0 radical (unpaired) electrons. The smallest absolute Gasteiger partial charge is 0.269 e. The van der Waals surface area contributed by atoms with Crippen LogP contribution in [0.25, 0.3) is 0 Å². The molecule has 122 valence electrons. The van der Waals surface area contributed by atoms with Crippen LogP contribution in [0.2, 0.25) is 0 Å². The Hall–Kier alpha value is -1.47. The highest BCUT2D eigenvalue weighted by Crippen LogP contribution is 2.41. The number of carbonyl (C=O) groups excluding carboxylic acids is 1. The summed E-state index contributed by atoms with van der Waals surface area (Å²) in [5.74, 6) is 1.12. The largest absolute Gasteiger partial charge is 0.478 e. The van der Waals surface area contributed by atoms with E-state index in [0.29, 0.717) is 31.1 Å². The first-order valence-electron chi connectivity index (χ1n) is 7.80. The van der Waals surface area contributed by atoms with E-state index in [0.717, 1.165) is 23.0 Å². The number of fused-ring (bicyclic) bond motifs is 3. The van der Waals surface area contributed by atoms with Crippen molar-refractivity contribution in [2.24, 2.45) is 4.99 Å². The number of piperidine rings is 1. The average Bonchev–Trinajstić information content (AvgIpc) is 2.86. The summed E-state index contributed by atoms with van der Waals surface area (Å²) in [5, 5.41) is 2.81. The summed E-state index contributed by atoms with van der Waals surface area (Å²) in [6.07, 6.45) is 0.0593. The molecule has 1 fully saturated rings. The maximum absolute atomic E-state index is 13.5. The van der Waals surface area contributed by atoms with Gasteiger partial charge < -0.3 is 10.1 Å². The predicted molar refractivity (Wildman–Crippen MR) is 87.4 cm³/mol. The number of nitrogens with zero attached hydrogens (tertiary/aromatic N) is 2. The second kappa shape index (κ2) is 5.87. The van der Waals surface area contributed by atoms with Crippen LogP contribution in [0, 0.1) is 0 Å². The van der Waals surface area contributed by atoms with Crippen molar-refractivity contribution in [1.29, 1.82) is 0 Å². The second-order valence-electron chi connectivity index (χ2n) is 6.21. The molecule has 1 aromatic rings. The minimum Gasteiger partial charge on any atom is -0.478 e. The maximum atomic E-state index is 13.5. The zero-order valence-electron chi connectivity index (χ0n) is 12.5. The zero-order valence-corrected chi connectivity index (χ0v) is 14.1. The number of amidine groups is 1. The van der Waals surface area contributed by atoms with E-state index in [-0.39, 0.29) is 11.9 Å². The van der Waals surface area contributed by atoms with Crippen molar-refractivity contribution in [3.05, 3.63) is 28.2 Å². The van der Waals surface area contributed by atoms with Crippen LogP contribution in [-0.4, -0.2) is 48.6 Å². The van der Waals surface area contributed by atoms with Crippen molar-refractivity contribution < 1.29 is 13.9 Å². The Morgan fingerprint density at radius 3 is 3.17 bits per heavy atom. The predicted octanol–water partition coefficient (Wildman–Crippen LogP) is 2.21. The third-order valence-electron chi connectivity index (χ3n) is 4.47. The Bertz CT molecular complexity index is 681. The highest BCUT2D eigenvalue weighted by atomic mass is 79.9. The Morgan fingerprint density at radius 2 is 2.35 bits per heavy atom. The van der Waals surface area contributed by atoms with Crippen molar-refractivity contribution in [1.82, 2.24) is 10.2 Å². The van der Waals surface area contributed by atoms with Crippen LogP contribution in [0.1, 0.15) is 24.4 Å². The summed E-state index contributed by atoms with van der Waals surface area (Å²) in [6.45, 7) is 1.71. The number of aliphatic imine (C=N–C) groups is 1. The fourth-order valence-electron chi connectivity index (χ4n) is 3.40.